The molecule has 118 valence electrons. The molecule has 0 spiro atoms. The molecule has 0 saturated carbocycles. The molecular weight excluding hydrogens is 331 g/mol. The maximum Gasteiger partial charge on any atom is 0.224 e. The Balaban J connectivity index is 1.56. The zero-order valence-electron chi connectivity index (χ0n) is 12.4. The lowest BCUT2D eigenvalue weighted by atomic mass is 10.1. The van der Waals surface area contributed by atoms with Crippen LogP contribution in [0, 0.1) is 0 Å². The van der Waals surface area contributed by atoms with Gasteiger partial charge < -0.3 is 10.3 Å². The molecule has 2 N–H and O–H groups in total. The number of carbonyl (C=O) groups is 1. The highest BCUT2D eigenvalue weighted by Crippen LogP contribution is 2.22. The van der Waals surface area contributed by atoms with Crippen LogP contribution in [0.4, 0.5) is 0 Å². The van der Waals surface area contributed by atoms with E-state index >= 15 is 0 Å². The number of carbonyl (C=O) groups excluding carboxylic acids is 1. The molecule has 0 unspecified atom stereocenters. The number of hydrogen-bond acceptors (Lipinski definition) is 1. The van der Waals surface area contributed by atoms with Crippen LogP contribution in [0.5, 0.6) is 0 Å². The fourth-order valence-electron chi connectivity index (χ4n) is 2.53. The summed E-state index contributed by atoms with van der Waals surface area (Å²) in [5, 5.41) is 5.32. The van der Waals surface area contributed by atoms with E-state index in [2.05, 4.69) is 10.3 Å². The zero-order chi connectivity index (χ0) is 16.2. The van der Waals surface area contributed by atoms with E-state index in [9.17, 15) is 4.79 Å². The number of hydrogen-bond donors (Lipinski definition) is 2. The normalized spacial score (nSPS) is 10.9. The molecule has 0 fully saturated rings. The van der Waals surface area contributed by atoms with E-state index < -0.39 is 0 Å². The molecule has 3 nitrogen and oxygen atoms in total. The molecule has 0 aliphatic carbocycles. The van der Waals surface area contributed by atoms with Gasteiger partial charge in [-0.25, -0.2) is 0 Å². The topological polar surface area (TPSA) is 44.9 Å². The molecule has 5 heteroatoms. The predicted molar refractivity (Wildman–Crippen MR) is 95.2 cm³/mol. The Morgan fingerprint density at radius 1 is 1.04 bits per heavy atom. The van der Waals surface area contributed by atoms with Crippen molar-refractivity contribution in [3.05, 3.63) is 69.8 Å². The number of benzene rings is 2. The highest BCUT2D eigenvalue weighted by Gasteiger charge is 2.09. The molecule has 1 amide bonds. The maximum absolute atomic E-state index is 12.1. The van der Waals surface area contributed by atoms with Crippen molar-refractivity contribution in [3.63, 3.8) is 0 Å². The number of aromatic amines is 1. The molecule has 0 bridgehead atoms. The van der Waals surface area contributed by atoms with Crippen LogP contribution < -0.4 is 5.32 Å². The first kappa shape index (κ1) is 15.9. The van der Waals surface area contributed by atoms with Crippen LogP contribution in [0.3, 0.4) is 0 Å². The minimum absolute atomic E-state index is 0.000149. The second-order valence-electron chi connectivity index (χ2n) is 5.41. The van der Waals surface area contributed by atoms with Crippen molar-refractivity contribution in [1.82, 2.24) is 10.3 Å². The lowest BCUT2D eigenvalue weighted by Gasteiger charge is -2.05. The Bertz CT molecular complexity index is 825. The van der Waals surface area contributed by atoms with Crippen LogP contribution in [-0.4, -0.2) is 17.4 Å². The summed E-state index contributed by atoms with van der Waals surface area (Å²) < 4.78 is 0. The molecule has 2 aromatic carbocycles. The van der Waals surface area contributed by atoms with Crippen molar-refractivity contribution < 1.29 is 4.79 Å². The van der Waals surface area contributed by atoms with Gasteiger partial charge in [-0.1, -0.05) is 35.3 Å². The molecule has 1 aromatic heterocycles. The Morgan fingerprint density at radius 2 is 1.78 bits per heavy atom. The molecule has 0 radical (unpaired) electrons. The van der Waals surface area contributed by atoms with E-state index in [0.29, 0.717) is 18.0 Å². The molecule has 0 atom stereocenters. The van der Waals surface area contributed by atoms with Gasteiger partial charge in [-0.2, -0.15) is 0 Å². The molecule has 0 aliphatic rings. The van der Waals surface area contributed by atoms with E-state index in [1.54, 1.807) is 0 Å². The van der Waals surface area contributed by atoms with Crippen molar-refractivity contribution >= 4 is 40.0 Å². The summed E-state index contributed by atoms with van der Waals surface area (Å²) in [7, 11) is 0. The molecular formula is C18H16Cl2N2O. The van der Waals surface area contributed by atoms with Gasteiger partial charge >= 0.3 is 0 Å². The molecule has 0 aliphatic heterocycles. The first-order valence-electron chi connectivity index (χ1n) is 7.38. The second-order valence-corrected chi connectivity index (χ2v) is 6.28. The fourth-order valence-corrected chi connectivity index (χ4v) is 2.83. The monoisotopic (exact) mass is 346 g/mol. The van der Waals surface area contributed by atoms with Crippen LogP contribution in [-0.2, 0) is 17.6 Å². The summed E-state index contributed by atoms with van der Waals surface area (Å²) in [6.45, 7) is 0.601. The number of amides is 1. The second kappa shape index (κ2) is 7.07. The van der Waals surface area contributed by atoms with Crippen molar-refractivity contribution in [2.24, 2.45) is 0 Å². The highest BCUT2D eigenvalue weighted by molar-refractivity contribution is 6.31. The van der Waals surface area contributed by atoms with Gasteiger partial charge in [0.25, 0.3) is 0 Å². The Hall–Kier alpha value is -1.97. The largest absolute Gasteiger partial charge is 0.361 e. The fraction of sp³-hybridized carbons (Fsp3) is 0.167. The minimum atomic E-state index is -0.000149. The van der Waals surface area contributed by atoms with Gasteiger partial charge in [0.15, 0.2) is 0 Å². The lowest BCUT2D eigenvalue weighted by Crippen LogP contribution is -2.27. The molecule has 3 rings (SSSR count). The van der Waals surface area contributed by atoms with E-state index in [1.807, 2.05) is 48.7 Å². The molecule has 3 aromatic rings. The number of halogens is 2. The number of fused-ring (bicyclic) bond motifs is 1. The first-order chi connectivity index (χ1) is 11.1. The summed E-state index contributed by atoms with van der Waals surface area (Å²) in [5.41, 5.74) is 3.08. The van der Waals surface area contributed by atoms with E-state index in [-0.39, 0.29) is 5.91 Å². The number of nitrogens with one attached hydrogen (secondary N) is 2. The third-order valence-corrected chi connectivity index (χ3v) is 4.22. The number of aromatic nitrogens is 1. The van der Waals surface area contributed by atoms with Gasteiger partial charge in [-0.05, 0) is 47.9 Å². The summed E-state index contributed by atoms with van der Waals surface area (Å²) in [6.07, 6.45) is 2.98. The third kappa shape index (κ3) is 4.06. The lowest BCUT2D eigenvalue weighted by molar-refractivity contribution is -0.120. The summed E-state index contributed by atoms with van der Waals surface area (Å²) in [6, 6.07) is 13.3. The average molecular weight is 347 g/mol. The van der Waals surface area contributed by atoms with Crippen LogP contribution in [0.1, 0.15) is 11.1 Å². The molecule has 1 heterocycles. The van der Waals surface area contributed by atoms with Gasteiger partial charge in [-0.3, -0.25) is 4.79 Å². The SMILES string of the molecule is O=C(Cc1c[nH]c2ccc(Cl)cc12)NCCc1ccc(Cl)cc1. The standard InChI is InChI=1S/C18H16Cl2N2O/c19-14-3-1-12(2-4-14)7-8-21-18(23)9-13-11-22-17-6-5-15(20)10-16(13)17/h1-6,10-11,22H,7-9H2,(H,21,23). The predicted octanol–water partition coefficient (Wildman–Crippen LogP) is 4.38. The van der Waals surface area contributed by atoms with Crippen LogP contribution >= 0.6 is 23.2 Å². The van der Waals surface area contributed by atoms with Gasteiger partial charge in [0.05, 0.1) is 6.42 Å². The zero-order valence-corrected chi connectivity index (χ0v) is 13.9. The van der Waals surface area contributed by atoms with Gasteiger partial charge in [0.2, 0.25) is 5.91 Å². The number of rotatable bonds is 5. The van der Waals surface area contributed by atoms with Crippen molar-refractivity contribution in [2.75, 3.05) is 6.54 Å². The Labute approximate surface area is 144 Å². The van der Waals surface area contributed by atoms with Crippen LogP contribution in [0.25, 0.3) is 10.9 Å². The van der Waals surface area contributed by atoms with Crippen molar-refractivity contribution in [1.29, 1.82) is 0 Å². The van der Waals surface area contributed by atoms with Crippen LogP contribution in [0.2, 0.25) is 10.0 Å². The Morgan fingerprint density at radius 3 is 2.57 bits per heavy atom. The van der Waals surface area contributed by atoms with E-state index in [1.165, 1.54) is 0 Å². The van der Waals surface area contributed by atoms with Gasteiger partial charge in [-0.15, -0.1) is 0 Å². The Kier molecular flexibility index (Phi) is 4.89. The summed E-state index contributed by atoms with van der Waals surface area (Å²) in [4.78, 5) is 15.3. The maximum atomic E-state index is 12.1. The van der Waals surface area contributed by atoms with E-state index in [4.69, 9.17) is 23.2 Å². The van der Waals surface area contributed by atoms with Gasteiger partial charge in [0.1, 0.15) is 0 Å². The van der Waals surface area contributed by atoms with Crippen LogP contribution in [0.15, 0.2) is 48.7 Å². The molecule has 0 saturated heterocycles. The quantitative estimate of drug-likeness (QED) is 0.707. The number of H-pyrrole nitrogens is 1. The van der Waals surface area contributed by atoms with Gasteiger partial charge in [0, 0.05) is 33.7 Å². The molecule has 23 heavy (non-hydrogen) atoms. The first-order valence-corrected chi connectivity index (χ1v) is 8.14. The van der Waals surface area contributed by atoms with Crippen molar-refractivity contribution in [2.45, 2.75) is 12.8 Å². The average Bonchev–Trinajstić information content (AvgIpc) is 2.91. The smallest absolute Gasteiger partial charge is 0.224 e. The van der Waals surface area contributed by atoms with Crippen molar-refractivity contribution in [3.8, 4) is 0 Å². The highest BCUT2D eigenvalue weighted by atomic mass is 35.5. The third-order valence-electron chi connectivity index (χ3n) is 3.73. The minimum Gasteiger partial charge on any atom is -0.361 e. The summed E-state index contributed by atoms with van der Waals surface area (Å²) in [5.74, 6) is -0.000149. The van der Waals surface area contributed by atoms with E-state index in [0.717, 1.165) is 33.5 Å². The summed E-state index contributed by atoms with van der Waals surface area (Å²) >= 11 is 11.9.